The normalized spacial score (nSPS) is 19.9. The number of nitrogens with one attached hydrogen (secondary N) is 1. The average molecular weight is 419 g/mol. The van der Waals surface area contributed by atoms with Crippen molar-refractivity contribution < 1.29 is 23.8 Å². The SMILES string of the molecule is COc1ccc(CNC(=O)CCC2CCCN(C(=O)C3CCOCC3)C2)c(OC)c1. The third-order valence-electron chi connectivity index (χ3n) is 6.15. The van der Waals surface area contributed by atoms with E-state index in [4.69, 9.17) is 14.2 Å². The highest BCUT2D eigenvalue weighted by Crippen LogP contribution is 2.26. The van der Waals surface area contributed by atoms with Gasteiger partial charge in [-0.25, -0.2) is 0 Å². The van der Waals surface area contributed by atoms with Crippen LogP contribution < -0.4 is 14.8 Å². The number of carbonyl (C=O) groups is 2. The molecule has 2 saturated heterocycles. The van der Waals surface area contributed by atoms with E-state index < -0.39 is 0 Å². The van der Waals surface area contributed by atoms with Crippen molar-refractivity contribution in [2.75, 3.05) is 40.5 Å². The molecule has 7 nitrogen and oxygen atoms in total. The van der Waals surface area contributed by atoms with Crippen LogP contribution >= 0.6 is 0 Å². The zero-order chi connectivity index (χ0) is 21.3. The molecule has 1 aromatic carbocycles. The van der Waals surface area contributed by atoms with E-state index in [1.54, 1.807) is 14.2 Å². The van der Waals surface area contributed by atoms with E-state index in [-0.39, 0.29) is 17.7 Å². The number of amides is 2. The number of hydrogen-bond acceptors (Lipinski definition) is 5. The van der Waals surface area contributed by atoms with E-state index in [2.05, 4.69) is 5.32 Å². The minimum absolute atomic E-state index is 0.0285. The summed E-state index contributed by atoms with van der Waals surface area (Å²) in [6.45, 7) is 3.41. The summed E-state index contributed by atoms with van der Waals surface area (Å²) in [5.74, 6) is 2.23. The first kappa shape index (κ1) is 22.4. The molecular weight excluding hydrogens is 384 g/mol. The van der Waals surface area contributed by atoms with Gasteiger partial charge in [0.1, 0.15) is 11.5 Å². The number of methoxy groups -OCH3 is 2. The lowest BCUT2D eigenvalue weighted by Crippen LogP contribution is -2.44. The van der Waals surface area contributed by atoms with Crippen molar-refractivity contribution in [3.05, 3.63) is 23.8 Å². The molecule has 0 saturated carbocycles. The molecular formula is C23H34N2O5. The number of benzene rings is 1. The van der Waals surface area contributed by atoms with Gasteiger partial charge in [-0.15, -0.1) is 0 Å². The van der Waals surface area contributed by atoms with Crippen LogP contribution in [0.4, 0.5) is 0 Å². The average Bonchev–Trinajstić information content (AvgIpc) is 2.81. The standard InChI is InChI=1S/C23H34N2O5/c1-28-20-7-6-19(21(14-20)29-2)15-24-22(26)8-5-17-4-3-11-25(16-17)23(27)18-9-12-30-13-10-18/h6-7,14,17-18H,3-5,8-13,15-16H2,1-2H3,(H,24,26). The lowest BCUT2D eigenvalue weighted by atomic mass is 9.91. The lowest BCUT2D eigenvalue weighted by molar-refractivity contribution is -0.140. The second-order valence-corrected chi connectivity index (χ2v) is 8.17. The first-order valence-electron chi connectivity index (χ1n) is 10.9. The molecule has 1 N–H and O–H groups in total. The smallest absolute Gasteiger partial charge is 0.225 e. The summed E-state index contributed by atoms with van der Waals surface area (Å²) in [4.78, 5) is 27.2. The number of ether oxygens (including phenoxy) is 3. The van der Waals surface area contributed by atoms with Gasteiger partial charge >= 0.3 is 0 Å². The van der Waals surface area contributed by atoms with E-state index in [1.807, 2.05) is 23.1 Å². The van der Waals surface area contributed by atoms with Gasteiger partial charge < -0.3 is 24.4 Å². The summed E-state index contributed by atoms with van der Waals surface area (Å²) in [7, 11) is 3.22. The number of hydrogen-bond donors (Lipinski definition) is 1. The predicted molar refractivity (Wildman–Crippen MR) is 113 cm³/mol. The van der Waals surface area contributed by atoms with Crippen LogP contribution in [0.5, 0.6) is 11.5 Å². The summed E-state index contributed by atoms with van der Waals surface area (Å²) in [6, 6.07) is 5.57. The van der Waals surface area contributed by atoms with Crippen LogP contribution in [0, 0.1) is 11.8 Å². The van der Waals surface area contributed by atoms with Gasteiger partial charge in [0.05, 0.1) is 14.2 Å². The summed E-state index contributed by atoms with van der Waals surface area (Å²) in [5, 5.41) is 2.98. The maximum Gasteiger partial charge on any atom is 0.225 e. The molecule has 1 aromatic rings. The second-order valence-electron chi connectivity index (χ2n) is 8.17. The van der Waals surface area contributed by atoms with E-state index in [0.717, 1.165) is 56.5 Å². The van der Waals surface area contributed by atoms with Crippen LogP contribution in [-0.2, 0) is 20.9 Å². The largest absolute Gasteiger partial charge is 0.497 e. The third kappa shape index (κ3) is 6.11. The lowest BCUT2D eigenvalue weighted by Gasteiger charge is -2.36. The van der Waals surface area contributed by atoms with Gasteiger partial charge in [0.25, 0.3) is 0 Å². The topological polar surface area (TPSA) is 77.1 Å². The summed E-state index contributed by atoms with van der Waals surface area (Å²) in [6.07, 6.45) is 5.04. The van der Waals surface area contributed by atoms with E-state index in [9.17, 15) is 9.59 Å². The molecule has 2 aliphatic rings. The van der Waals surface area contributed by atoms with Crippen LogP contribution in [0.3, 0.4) is 0 Å². The fourth-order valence-corrected chi connectivity index (χ4v) is 4.32. The number of nitrogens with zero attached hydrogens (tertiary/aromatic N) is 1. The summed E-state index contributed by atoms with van der Waals surface area (Å²) in [5.41, 5.74) is 0.914. The Kier molecular flexibility index (Phi) is 8.37. The molecule has 0 aliphatic carbocycles. The highest BCUT2D eigenvalue weighted by molar-refractivity contribution is 5.79. The first-order valence-corrected chi connectivity index (χ1v) is 10.9. The molecule has 3 rings (SSSR count). The Morgan fingerprint density at radius 1 is 1.17 bits per heavy atom. The predicted octanol–water partition coefficient (Wildman–Crippen LogP) is 2.77. The van der Waals surface area contributed by atoms with Crippen LogP contribution in [0.2, 0.25) is 0 Å². The minimum atomic E-state index is 0.0285. The van der Waals surface area contributed by atoms with Gasteiger partial charge in [0.2, 0.25) is 11.8 Å². The van der Waals surface area contributed by atoms with Gasteiger partial charge in [-0.3, -0.25) is 9.59 Å². The maximum absolute atomic E-state index is 12.8. The number of carbonyl (C=O) groups excluding carboxylic acids is 2. The molecule has 0 radical (unpaired) electrons. The van der Waals surface area contributed by atoms with Gasteiger partial charge in [-0.05, 0) is 50.2 Å². The molecule has 2 heterocycles. The third-order valence-corrected chi connectivity index (χ3v) is 6.15. The van der Waals surface area contributed by atoms with Crippen LogP contribution in [0.1, 0.15) is 44.1 Å². The highest BCUT2D eigenvalue weighted by Gasteiger charge is 2.30. The summed E-state index contributed by atoms with van der Waals surface area (Å²) >= 11 is 0. The Balaban J connectivity index is 1.42. The molecule has 7 heteroatoms. The van der Waals surface area contributed by atoms with Crippen molar-refractivity contribution in [1.29, 1.82) is 0 Å². The Hall–Kier alpha value is -2.28. The molecule has 2 amide bonds. The highest BCUT2D eigenvalue weighted by atomic mass is 16.5. The fraction of sp³-hybridized carbons (Fsp3) is 0.652. The molecule has 1 atom stereocenters. The maximum atomic E-state index is 12.8. The Morgan fingerprint density at radius 2 is 1.97 bits per heavy atom. The quantitative estimate of drug-likeness (QED) is 0.703. The number of likely N-dealkylation sites (tertiary alicyclic amines) is 1. The summed E-state index contributed by atoms with van der Waals surface area (Å²) < 4.78 is 16.0. The molecule has 0 bridgehead atoms. The van der Waals surface area contributed by atoms with Crippen molar-refractivity contribution >= 4 is 11.8 Å². The van der Waals surface area contributed by atoms with Crippen molar-refractivity contribution in [3.8, 4) is 11.5 Å². The molecule has 1 unspecified atom stereocenters. The second kappa shape index (κ2) is 11.2. The Labute approximate surface area is 179 Å². The Morgan fingerprint density at radius 3 is 2.70 bits per heavy atom. The first-order chi connectivity index (χ1) is 14.6. The molecule has 166 valence electrons. The van der Waals surface area contributed by atoms with Crippen LogP contribution in [0.25, 0.3) is 0 Å². The fourth-order valence-electron chi connectivity index (χ4n) is 4.32. The Bertz CT molecular complexity index is 718. The van der Waals surface area contributed by atoms with Gasteiger partial charge in [-0.1, -0.05) is 0 Å². The van der Waals surface area contributed by atoms with Crippen molar-refractivity contribution in [2.24, 2.45) is 11.8 Å². The van der Waals surface area contributed by atoms with Crippen LogP contribution in [-0.4, -0.2) is 57.2 Å². The van der Waals surface area contributed by atoms with E-state index in [0.29, 0.717) is 37.8 Å². The molecule has 2 fully saturated rings. The van der Waals surface area contributed by atoms with Crippen molar-refractivity contribution in [1.82, 2.24) is 10.2 Å². The van der Waals surface area contributed by atoms with Crippen molar-refractivity contribution in [3.63, 3.8) is 0 Å². The van der Waals surface area contributed by atoms with Gasteiger partial charge in [-0.2, -0.15) is 0 Å². The number of rotatable bonds is 8. The van der Waals surface area contributed by atoms with Crippen molar-refractivity contribution in [2.45, 2.75) is 45.1 Å². The molecule has 2 aliphatic heterocycles. The number of piperidine rings is 1. The molecule has 30 heavy (non-hydrogen) atoms. The van der Waals surface area contributed by atoms with Gasteiger partial charge in [0, 0.05) is 56.8 Å². The zero-order valence-corrected chi connectivity index (χ0v) is 18.2. The molecule has 0 aromatic heterocycles. The van der Waals surface area contributed by atoms with Gasteiger partial charge in [0.15, 0.2) is 0 Å². The van der Waals surface area contributed by atoms with Crippen LogP contribution in [0.15, 0.2) is 18.2 Å². The minimum Gasteiger partial charge on any atom is -0.497 e. The monoisotopic (exact) mass is 418 g/mol. The van der Waals surface area contributed by atoms with E-state index in [1.165, 1.54) is 0 Å². The van der Waals surface area contributed by atoms with E-state index >= 15 is 0 Å². The zero-order valence-electron chi connectivity index (χ0n) is 18.2. The molecule has 0 spiro atoms.